The molecule has 0 saturated carbocycles. The number of rotatable bonds is 6. The number of hydrogen-bond acceptors (Lipinski definition) is 7. The number of piperazine rings is 1. The van der Waals surface area contributed by atoms with Gasteiger partial charge in [0.05, 0.1) is 25.0 Å². The molecule has 9 heteroatoms. The fourth-order valence-corrected chi connectivity index (χ4v) is 7.81. The molecule has 0 radical (unpaired) electrons. The van der Waals surface area contributed by atoms with E-state index in [0.717, 1.165) is 91.5 Å². The molecule has 1 N–H and O–H groups in total. The van der Waals surface area contributed by atoms with Crippen LogP contribution in [-0.2, 0) is 4.74 Å². The monoisotopic (exact) mass is 667 g/mol. The van der Waals surface area contributed by atoms with E-state index in [2.05, 4.69) is 70.8 Å². The lowest BCUT2D eigenvalue weighted by Crippen LogP contribution is -2.50. The smallest absolute Gasteiger partial charge is 0.339 e. The normalized spacial score (nSPS) is 19.4. The fraction of sp³-hybridized carbons (Fsp3) is 0.436. The zero-order valence-electron chi connectivity index (χ0n) is 28.5. The number of carbonyl (C=O) groups is 1. The number of esters is 1. The summed E-state index contributed by atoms with van der Waals surface area (Å²) in [7, 11) is 1.44. The van der Waals surface area contributed by atoms with Crippen LogP contribution in [0.1, 0.15) is 68.8 Å². The fourth-order valence-electron chi connectivity index (χ4n) is 7.68. The molecule has 252 valence electrons. The van der Waals surface area contributed by atoms with Crippen LogP contribution in [0, 0.1) is 5.41 Å². The number of ether oxygens (including phenoxy) is 2. The van der Waals surface area contributed by atoms with Crippen LogP contribution in [0.15, 0.2) is 66.4 Å². The Morgan fingerprint density at radius 2 is 1.79 bits per heavy atom. The first kappa shape index (κ1) is 32.5. The standard InChI is InChI=1S/C39H46ClN5O3/c1-26(31-13-15-39(2,3)25-33(31)27-7-9-29(40)10-8-27)43-18-20-44(21-19-43)30-11-12-32(38(46)47-4)34(24-30)45-17-5-6-22-48-37-35(45)23-28-14-16-41-36(28)42-37/h7-12,14,16,23-24,26H,5-6,13,15,17-22,25H2,1-4H3,(H,41,42). The van der Waals surface area contributed by atoms with Crippen molar-refractivity contribution in [2.24, 2.45) is 5.41 Å². The summed E-state index contributed by atoms with van der Waals surface area (Å²) in [6.07, 6.45) is 7.13. The van der Waals surface area contributed by atoms with Crippen molar-refractivity contribution in [3.8, 4) is 5.88 Å². The predicted octanol–water partition coefficient (Wildman–Crippen LogP) is 8.49. The summed E-state index contributed by atoms with van der Waals surface area (Å²) in [6.45, 7) is 12.3. The molecule has 7 rings (SSSR count). The molecule has 4 heterocycles. The highest BCUT2D eigenvalue weighted by Gasteiger charge is 2.33. The molecule has 1 aliphatic carbocycles. The van der Waals surface area contributed by atoms with Crippen molar-refractivity contribution in [3.05, 3.63) is 82.5 Å². The summed E-state index contributed by atoms with van der Waals surface area (Å²) in [5.41, 5.74) is 8.76. The highest BCUT2D eigenvalue weighted by atomic mass is 35.5. The van der Waals surface area contributed by atoms with Gasteiger partial charge in [-0.2, -0.15) is 4.98 Å². The van der Waals surface area contributed by atoms with Crippen LogP contribution >= 0.6 is 11.6 Å². The van der Waals surface area contributed by atoms with Gasteiger partial charge >= 0.3 is 5.97 Å². The van der Waals surface area contributed by atoms with Crippen molar-refractivity contribution in [2.45, 2.75) is 58.9 Å². The first-order chi connectivity index (χ1) is 23.2. The van der Waals surface area contributed by atoms with E-state index in [1.54, 1.807) is 5.57 Å². The molecule has 4 aromatic rings. The number of fused-ring (bicyclic) bond motifs is 2. The summed E-state index contributed by atoms with van der Waals surface area (Å²) in [5, 5.41) is 1.78. The number of methoxy groups -OCH3 is 1. The zero-order chi connectivity index (χ0) is 33.4. The number of hydrogen-bond donors (Lipinski definition) is 1. The van der Waals surface area contributed by atoms with Crippen LogP contribution in [0.5, 0.6) is 5.88 Å². The number of allylic oxidation sites excluding steroid dienone is 1. The average molecular weight is 668 g/mol. The molecule has 48 heavy (non-hydrogen) atoms. The van der Waals surface area contributed by atoms with Crippen molar-refractivity contribution in [1.29, 1.82) is 0 Å². The summed E-state index contributed by atoms with van der Waals surface area (Å²) < 4.78 is 11.4. The second kappa shape index (κ2) is 13.5. The third-order valence-corrected chi connectivity index (χ3v) is 10.8. The van der Waals surface area contributed by atoms with E-state index >= 15 is 0 Å². The van der Waals surface area contributed by atoms with Crippen LogP contribution in [-0.4, -0.2) is 73.3 Å². The van der Waals surface area contributed by atoms with Gasteiger partial charge in [0, 0.05) is 61.1 Å². The highest BCUT2D eigenvalue weighted by Crippen LogP contribution is 2.45. The van der Waals surface area contributed by atoms with E-state index in [0.29, 0.717) is 24.1 Å². The van der Waals surface area contributed by atoms with Crippen molar-refractivity contribution < 1.29 is 14.3 Å². The summed E-state index contributed by atoms with van der Waals surface area (Å²) in [4.78, 5) is 28.4. The van der Waals surface area contributed by atoms with Gasteiger partial charge in [0.15, 0.2) is 0 Å². The number of nitrogens with one attached hydrogen (secondary N) is 1. The Morgan fingerprint density at radius 3 is 2.56 bits per heavy atom. The van der Waals surface area contributed by atoms with Crippen LogP contribution < -0.4 is 14.5 Å². The molecule has 1 atom stereocenters. The molecule has 0 spiro atoms. The lowest BCUT2D eigenvalue weighted by molar-refractivity contribution is 0.0601. The SMILES string of the molecule is COC(=O)c1ccc(N2CCN(C(C)C3=C(c4ccc(Cl)cc4)CC(C)(C)CC3)CC2)cc1N1CCCCOc2nc3[nH]ccc3cc21. The number of anilines is 3. The van der Waals surface area contributed by atoms with E-state index in [1.165, 1.54) is 24.7 Å². The number of aromatic nitrogens is 2. The summed E-state index contributed by atoms with van der Waals surface area (Å²) in [5.74, 6) is 0.225. The van der Waals surface area contributed by atoms with Gasteiger partial charge in [0.1, 0.15) is 11.3 Å². The summed E-state index contributed by atoms with van der Waals surface area (Å²) >= 11 is 6.27. The number of nitrogens with zero attached hydrogens (tertiary/aromatic N) is 4. The third kappa shape index (κ3) is 6.52. The molecular formula is C39H46ClN5O3. The van der Waals surface area contributed by atoms with E-state index in [1.807, 2.05) is 30.5 Å². The Labute approximate surface area is 288 Å². The van der Waals surface area contributed by atoms with Crippen molar-refractivity contribution in [3.63, 3.8) is 0 Å². The van der Waals surface area contributed by atoms with Gasteiger partial charge in [0.25, 0.3) is 0 Å². The predicted molar refractivity (Wildman–Crippen MR) is 195 cm³/mol. The lowest BCUT2D eigenvalue weighted by Gasteiger charge is -2.43. The minimum absolute atomic E-state index is 0.286. The quantitative estimate of drug-likeness (QED) is 0.207. The Bertz CT molecular complexity index is 1820. The Balaban J connectivity index is 1.16. The van der Waals surface area contributed by atoms with Gasteiger partial charge in [-0.15, -0.1) is 0 Å². The number of halogens is 1. The molecule has 1 fully saturated rings. The maximum Gasteiger partial charge on any atom is 0.339 e. The number of aromatic amines is 1. The van der Waals surface area contributed by atoms with Gasteiger partial charge in [-0.05, 0) is 104 Å². The maximum atomic E-state index is 13.1. The number of pyridine rings is 1. The minimum Gasteiger partial charge on any atom is -0.476 e. The van der Waals surface area contributed by atoms with E-state index in [9.17, 15) is 4.79 Å². The van der Waals surface area contributed by atoms with Crippen molar-refractivity contribution >= 4 is 51.2 Å². The number of H-pyrrole nitrogens is 1. The molecule has 8 nitrogen and oxygen atoms in total. The third-order valence-electron chi connectivity index (χ3n) is 10.5. The largest absolute Gasteiger partial charge is 0.476 e. The number of carbonyl (C=O) groups excluding carboxylic acids is 1. The van der Waals surface area contributed by atoms with Crippen LogP contribution in [0.4, 0.5) is 17.1 Å². The molecule has 3 aliphatic rings. The first-order valence-corrected chi connectivity index (χ1v) is 17.7. The van der Waals surface area contributed by atoms with E-state index in [-0.39, 0.29) is 11.4 Å². The van der Waals surface area contributed by atoms with Crippen LogP contribution in [0.25, 0.3) is 16.6 Å². The Morgan fingerprint density at radius 1 is 1.00 bits per heavy atom. The first-order valence-electron chi connectivity index (χ1n) is 17.3. The van der Waals surface area contributed by atoms with Gasteiger partial charge in [-0.1, -0.05) is 37.6 Å². The zero-order valence-corrected chi connectivity index (χ0v) is 29.3. The second-order valence-electron chi connectivity index (χ2n) is 14.2. The Hall–Kier alpha value is -4.01. The number of benzene rings is 2. The van der Waals surface area contributed by atoms with Crippen molar-refractivity contribution in [2.75, 3.05) is 56.2 Å². The molecule has 2 aromatic heterocycles. The van der Waals surface area contributed by atoms with Gasteiger partial charge in [0.2, 0.25) is 5.88 Å². The molecule has 1 saturated heterocycles. The Kier molecular flexibility index (Phi) is 9.14. The second-order valence-corrected chi connectivity index (χ2v) is 14.6. The van der Waals surface area contributed by atoms with Gasteiger partial charge in [-0.3, -0.25) is 4.90 Å². The molecule has 2 aliphatic heterocycles. The molecule has 1 unspecified atom stereocenters. The molecular weight excluding hydrogens is 622 g/mol. The topological polar surface area (TPSA) is 73.9 Å². The van der Waals surface area contributed by atoms with Gasteiger partial charge < -0.3 is 24.3 Å². The minimum atomic E-state index is -0.351. The van der Waals surface area contributed by atoms with Crippen molar-refractivity contribution in [1.82, 2.24) is 14.9 Å². The van der Waals surface area contributed by atoms with E-state index < -0.39 is 0 Å². The molecule has 2 aromatic carbocycles. The molecule has 0 bridgehead atoms. The van der Waals surface area contributed by atoms with Gasteiger partial charge in [-0.25, -0.2) is 4.79 Å². The lowest BCUT2D eigenvalue weighted by atomic mass is 9.71. The highest BCUT2D eigenvalue weighted by molar-refractivity contribution is 6.30. The molecule has 0 amide bonds. The van der Waals surface area contributed by atoms with Crippen LogP contribution in [0.3, 0.4) is 0 Å². The van der Waals surface area contributed by atoms with E-state index in [4.69, 9.17) is 26.1 Å². The average Bonchev–Trinajstić information content (AvgIpc) is 3.55. The maximum absolute atomic E-state index is 13.1. The summed E-state index contributed by atoms with van der Waals surface area (Å²) in [6, 6.07) is 19.0. The van der Waals surface area contributed by atoms with Crippen LogP contribution in [0.2, 0.25) is 5.02 Å².